The number of aromatic nitrogens is 1. The van der Waals surface area contributed by atoms with Crippen molar-refractivity contribution < 1.29 is 36.6 Å². The zero-order valence-electron chi connectivity index (χ0n) is 28.3. The molecule has 0 radical (unpaired) electrons. The van der Waals surface area contributed by atoms with Crippen molar-refractivity contribution in [1.29, 1.82) is 0 Å². The van der Waals surface area contributed by atoms with Gasteiger partial charge in [-0.15, -0.1) is 0 Å². The van der Waals surface area contributed by atoms with Crippen LogP contribution in [0.3, 0.4) is 0 Å². The van der Waals surface area contributed by atoms with E-state index in [1.807, 2.05) is 0 Å². The number of rotatable bonds is 9. The summed E-state index contributed by atoms with van der Waals surface area (Å²) in [6.45, 7) is 5.88. The predicted octanol–water partition coefficient (Wildman–Crippen LogP) is 3.69. The largest absolute Gasteiger partial charge is 0.497 e. The molecule has 3 aliphatic heterocycles. The molecule has 2 fully saturated rings. The summed E-state index contributed by atoms with van der Waals surface area (Å²) in [6.07, 6.45) is 3.53. The van der Waals surface area contributed by atoms with Gasteiger partial charge in [0.1, 0.15) is 22.2 Å². The molecule has 1 aromatic heterocycles. The number of hydrogen-bond acceptors (Lipinski definition) is 10. The highest BCUT2D eigenvalue weighted by Gasteiger charge is 2.59. The summed E-state index contributed by atoms with van der Waals surface area (Å²) in [7, 11) is -0.0416. The number of anilines is 1. The molecule has 1 atom stereocenters. The molecule has 0 spiro atoms. The first-order chi connectivity index (χ1) is 24.0. The molecule has 1 unspecified atom stereocenters. The Balaban J connectivity index is 1.45. The molecule has 0 bridgehead atoms. The minimum atomic E-state index is -4.83. The summed E-state index contributed by atoms with van der Waals surface area (Å²) in [4.78, 5) is 39.6. The van der Waals surface area contributed by atoms with E-state index < -0.39 is 33.3 Å². The fraction of sp³-hybridized carbons (Fsp3) is 0.441. The van der Waals surface area contributed by atoms with Crippen molar-refractivity contribution in [3.05, 3.63) is 70.6 Å². The normalized spacial score (nSPS) is 20.5. The Labute approximate surface area is 295 Å². The van der Waals surface area contributed by atoms with E-state index in [9.17, 15) is 13.2 Å². The maximum atomic E-state index is 15.3. The number of nitrogens with one attached hydrogen (secondary N) is 1. The van der Waals surface area contributed by atoms with E-state index in [0.717, 1.165) is 38.1 Å². The molecule has 13 nitrogen and oxygen atoms in total. The van der Waals surface area contributed by atoms with Crippen LogP contribution >= 0.6 is 11.6 Å². The number of carbonyl (C=O) groups excluding carboxylic acids is 2. The number of piperazine rings is 1. The fourth-order valence-electron chi connectivity index (χ4n) is 6.97. The van der Waals surface area contributed by atoms with E-state index in [-0.39, 0.29) is 45.0 Å². The zero-order chi connectivity index (χ0) is 35.8. The Kier molecular flexibility index (Phi) is 10.1. The molecular formula is C34H40ClFN6O7S. The number of nitrogens with zero attached hydrogens (tertiary/aromatic N) is 5. The van der Waals surface area contributed by atoms with Gasteiger partial charge >= 0.3 is 6.03 Å². The van der Waals surface area contributed by atoms with Crippen molar-refractivity contribution >= 4 is 39.2 Å². The highest BCUT2D eigenvalue weighted by molar-refractivity contribution is 7.93. The van der Waals surface area contributed by atoms with Crippen LogP contribution in [-0.2, 0) is 20.4 Å². The molecular weight excluding hydrogens is 691 g/mol. The van der Waals surface area contributed by atoms with Gasteiger partial charge < -0.3 is 29.3 Å². The van der Waals surface area contributed by atoms with Crippen LogP contribution in [-0.4, -0.2) is 113 Å². The lowest BCUT2D eigenvalue weighted by atomic mass is 9.84. The van der Waals surface area contributed by atoms with Crippen LogP contribution < -0.4 is 23.8 Å². The van der Waals surface area contributed by atoms with Crippen LogP contribution in [0.25, 0.3) is 0 Å². The number of methoxy groups -OCH3 is 2. The number of halogens is 2. The first-order valence-electron chi connectivity index (χ1n) is 16.4. The van der Waals surface area contributed by atoms with E-state index in [4.69, 9.17) is 25.8 Å². The van der Waals surface area contributed by atoms with Gasteiger partial charge in [0.15, 0.2) is 5.54 Å². The summed E-state index contributed by atoms with van der Waals surface area (Å²) in [6, 6.07) is 8.85. The predicted molar refractivity (Wildman–Crippen MR) is 184 cm³/mol. The minimum Gasteiger partial charge on any atom is -0.497 e. The Hall–Kier alpha value is -4.18. The van der Waals surface area contributed by atoms with E-state index >= 15 is 9.18 Å². The maximum absolute atomic E-state index is 15.3. The third-order valence-electron chi connectivity index (χ3n) is 9.61. The molecule has 0 aliphatic carbocycles. The summed E-state index contributed by atoms with van der Waals surface area (Å²) < 4.78 is 61.3. The number of fused-ring (bicyclic) bond motifs is 1. The molecule has 4 heterocycles. The van der Waals surface area contributed by atoms with Crippen LogP contribution in [0.4, 0.5) is 14.9 Å². The molecule has 3 aromatic rings. The Morgan fingerprint density at radius 3 is 2.42 bits per heavy atom. The summed E-state index contributed by atoms with van der Waals surface area (Å²) in [5.74, 6) is -1.92. The minimum absolute atomic E-state index is 0.0246. The zero-order valence-corrected chi connectivity index (χ0v) is 29.9. The highest BCUT2D eigenvalue weighted by atomic mass is 35.5. The lowest BCUT2D eigenvalue weighted by Gasteiger charge is -2.43. The highest BCUT2D eigenvalue weighted by Crippen LogP contribution is 2.51. The van der Waals surface area contributed by atoms with Gasteiger partial charge in [0.2, 0.25) is 5.88 Å². The van der Waals surface area contributed by atoms with E-state index in [2.05, 4.69) is 27.1 Å². The second-order valence-corrected chi connectivity index (χ2v) is 14.6. The molecule has 2 saturated heterocycles. The Morgan fingerprint density at radius 2 is 1.76 bits per heavy atom. The first-order valence-corrected chi connectivity index (χ1v) is 18.2. The number of carbonyl (C=O) groups is 2. The summed E-state index contributed by atoms with van der Waals surface area (Å²) in [5, 5.41) is 2.50. The van der Waals surface area contributed by atoms with Crippen LogP contribution in [0.5, 0.6) is 17.4 Å². The molecule has 16 heteroatoms. The smallest absolute Gasteiger partial charge is 0.318 e. The number of hydrogen-bond donors (Lipinski definition) is 1. The molecule has 2 aromatic carbocycles. The topological polar surface area (TPSA) is 134 Å². The van der Waals surface area contributed by atoms with Gasteiger partial charge in [-0.25, -0.2) is 22.6 Å². The summed E-state index contributed by atoms with van der Waals surface area (Å²) in [5.41, 5.74) is -2.61. The Bertz CT molecular complexity index is 1890. The number of benzene rings is 2. The van der Waals surface area contributed by atoms with E-state index in [1.54, 1.807) is 11.8 Å². The lowest BCUT2D eigenvalue weighted by molar-refractivity contribution is -0.121. The number of ether oxygens (including phenoxy) is 3. The van der Waals surface area contributed by atoms with Crippen LogP contribution in [0.15, 0.2) is 53.6 Å². The van der Waals surface area contributed by atoms with Gasteiger partial charge in [-0.3, -0.25) is 9.69 Å². The van der Waals surface area contributed by atoms with Gasteiger partial charge in [0, 0.05) is 56.1 Å². The van der Waals surface area contributed by atoms with Gasteiger partial charge in [0.25, 0.3) is 15.9 Å². The van der Waals surface area contributed by atoms with Gasteiger partial charge in [-0.1, -0.05) is 11.6 Å². The van der Waals surface area contributed by atoms with Crippen molar-refractivity contribution in [2.75, 3.05) is 71.4 Å². The van der Waals surface area contributed by atoms with Crippen molar-refractivity contribution in [3.63, 3.8) is 0 Å². The van der Waals surface area contributed by atoms with Crippen LogP contribution in [0.1, 0.15) is 30.9 Å². The third kappa shape index (κ3) is 6.20. The van der Waals surface area contributed by atoms with E-state index in [1.165, 1.54) is 50.7 Å². The van der Waals surface area contributed by atoms with Crippen molar-refractivity contribution in [2.45, 2.75) is 36.2 Å². The maximum Gasteiger partial charge on any atom is 0.318 e. The quantitative estimate of drug-likeness (QED) is 0.348. The second-order valence-electron chi connectivity index (χ2n) is 12.4. The van der Waals surface area contributed by atoms with Crippen molar-refractivity contribution in [3.8, 4) is 17.4 Å². The molecule has 0 saturated carbocycles. The molecule has 268 valence electrons. The first kappa shape index (κ1) is 35.6. The van der Waals surface area contributed by atoms with Crippen LogP contribution in [0.2, 0.25) is 5.02 Å². The fourth-order valence-corrected chi connectivity index (χ4v) is 8.73. The Morgan fingerprint density at radius 1 is 1.04 bits per heavy atom. The molecule has 1 N–H and O–H groups in total. The lowest BCUT2D eigenvalue weighted by Crippen LogP contribution is -2.61. The number of pyridine rings is 1. The van der Waals surface area contributed by atoms with Gasteiger partial charge in [-0.2, -0.15) is 4.31 Å². The van der Waals surface area contributed by atoms with Gasteiger partial charge in [0.05, 0.1) is 37.1 Å². The van der Waals surface area contributed by atoms with E-state index in [0.29, 0.717) is 42.3 Å². The number of piperidine rings is 1. The average molecular weight is 731 g/mol. The van der Waals surface area contributed by atoms with Gasteiger partial charge in [-0.05, 0) is 70.2 Å². The molecule has 3 aliphatic rings. The second kappa shape index (κ2) is 14.2. The molecule has 50 heavy (non-hydrogen) atoms. The molecule has 3 amide bonds. The van der Waals surface area contributed by atoms with Crippen molar-refractivity contribution in [2.24, 2.45) is 0 Å². The number of urea groups is 1. The van der Waals surface area contributed by atoms with Crippen LogP contribution in [0, 0.1) is 5.82 Å². The third-order valence-corrected chi connectivity index (χ3v) is 11.6. The standard InChI is InChI=1S/C34H40ClFN6O7S/c1-5-49-31-24(7-6-12-37-31)34(38-33(44)41-17-15-40(16-18-41)22-10-13-39(2)14-11-22)25-20-26(35)27(36)21-28(25)42(32(34)43)50(45,46)30-9-8-23(47-3)19-29(30)48-4/h6-9,12,19-22H,5,10-11,13-18H2,1-4H3,(H,38,44). The summed E-state index contributed by atoms with van der Waals surface area (Å²) >= 11 is 6.33. The average Bonchev–Trinajstić information content (AvgIpc) is 3.35. The number of amides is 3. The number of likely N-dealkylation sites (tertiary alicyclic amines) is 1. The van der Waals surface area contributed by atoms with Crippen molar-refractivity contribution in [1.82, 2.24) is 25.0 Å². The molecule has 6 rings (SSSR count). The SMILES string of the molecule is CCOc1ncccc1C1(NC(=O)N2CCN(C3CCN(C)CC3)CC2)C(=O)N(S(=O)(=O)c2ccc(OC)cc2OC)c2cc(F)c(Cl)cc21. The number of sulfonamides is 1. The monoisotopic (exact) mass is 730 g/mol.